The first-order chi connectivity index (χ1) is 13.7. The summed E-state index contributed by atoms with van der Waals surface area (Å²) in [6.07, 6.45) is 3.00. The second-order valence-corrected chi connectivity index (χ2v) is 7.01. The number of nitrogens with two attached hydrogens (primary N) is 1. The van der Waals surface area contributed by atoms with Gasteiger partial charge < -0.3 is 26.1 Å². The number of benzene rings is 1. The molecule has 8 heteroatoms. The molecular formula is C20H19N5O2S. The number of hydrogen-bond acceptors (Lipinski definition) is 6. The minimum absolute atomic E-state index is 0.283. The molecule has 0 bridgehead atoms. The minimum atomic E-state index is -0.543. The zero-order chi connectivity index (χ0) is 19.3. The molecule has 5 N–H and O–H groups in total. The van der Waals surface area contributed by atoms with Crippen LogP contribution in [0, 0.1) is 0 Å². The number of amides is 1. The topological polar surface area (TPSA) is 105 Å². The van der Waals surface area contributed by atoms with Crippen LogP contribution in [0.2, 0.25) is 0 Å². The number of rotatable bonds is 6. The minimum Gasteiger partial charge on any atom is -0.397 e. The van der Waals surface area contributed by atoms with Crippen LogP contribution in [-0.2, 0) is 0 Å². The number of ether oxygens (including phenoxy) is 1. The van der Waals surface area contributed by atoms with Gasteiger partial charge in [-0.3, -0.25) is 0 Å². The molecule has 1 aromatic carbocycles. The highest BCUT2D eigenvalue weighted by molar-refractivity contribution is 7.12. The van der Waals surface area contributed by atoms with E-state index in [2.05, 4.69) is 20.6 Å². The van der Waals surface area contributed by atoms with Gasteiger partial charge in [-0.1, -0.05) is 30.3 Å². The summed E-state index contributed by atoms with van der Waals surface area (Å²) < 4.78 is 5.46. The van der Waals surface area contributed by atoms with Crippen molar-refractivity contribution in [1.82, 2.24) is 15.3 Å². The van der Waals surface area contributed by atoms with Gasteiger partial charge in [-0.2, -0.15) is 0 Å². The van der Waals surface area contributed by atoms with E-state index < -0.39 is 6.09 Å². The van der Waals surface area contributed by atoms with Crippen molar-refractivity contribution in [3.05, 3.63) is 71.9 Å². The predicted octanol–water partition coefficient (Wildman–Crippen LogP) is 4.16. The Kier molecular flexibility index (Phi) is 5.22. The van der Waals surface area contributed by atoms with Crippen molar-refractivity contribution in [2.75, 3.05) is 11.9 Å². The summed E-state index contributed by atoms with van der Waals surface area (Å²) in [5, 5.41) is 9.30. The van der Waals surface area contributed by atoms with E-state index in [0.717, 1.165) is 22.3 Å². The van der Waals surface area contributed by atoms with Crippen molar-refractivity contribution in [2.24, 2.45) is 5.73 Å². The molecule has 3 aromatic heterocycles. The molecule has 1 atom stereocenters. The van der Waals surface area contributed by atoms with Crippen LogP contribution in [0.15, 0.2) is 66.3 Å². The molecule has 0 saturated carbocycles. The summed E-state index contributed by atoms with van der Waals surface area (Å²) in [7, 11) is 0. The van der Waals surface area contributed by atoms with Gasteiger partial charge >= 0.3 is 6.09 Å². The van der Waals surface area contributed by atoms with E-state index in [1.807, 2.05) is 60.1 Å². The zero-order valence-electron chi connectivity index (χ0n) is 14.9. The number of aromatic amines is 1. The van der Waals surface area contributed by atoms with Crippen LogP contribution in [0.3, 0.4) is 0 Å². The monoisotopic (exact) mass is 393 g/mol. The number of nitrogens with zero attached hydrogens (tertiary/aromatic N) is 1. The fourth-order valence-corrected chi connectivity index (χ4v) is 3.51. The van der Waals surface area contributed by atoms with Crippen molar-refractivity contribution < 1.29 is 9.53 Å². The second-order valence-electron chi connectivity index (χ2n) is 6.13. The van der Waals surface area contributed by atoms with Crippen LogP contribution in [-0.4, -0.2) is 22.6 Å². The second kappa shape index (κ2) is 8.12. The Morgan fingerprint density at radius 2 is 2.04 bits per heavy atom. The lowest BCUT2D eigenvalue weighted by molar-refractivity contribution is 0.201. The number of hydrogen-bond donors (Lipinski definition) is 4. The Labute approximate surface area is 165 Å². The van der Waals surface area contributed by atoms with Gasteiger partial charge in [0, 0.05) is 30.4 Å². The van der Waals surface area contributed by atoms with E-state index in [9.17, 15) is 4.79 Å². The molecule has 0 saturated heterocycles. The molecule has 4 rings (SSSR count). The molecule has 0 aliphatic heterocycles. The number of nitrogens with one attached hydrogen (secondary N) is 3. The highest BCUT2D eigenvalue weighted by atomic mass is 32.1. The van der Waals surface area contributed by atoms with E-state index in [1.54, 1.807) is 6.20 Å². The lowest BCUT2D eigenvalue weighted by Crippen LogP contribution is -2.33. The largest absolute Gasteiger partial charge is 0.413 e. The molecule has 0 spiro atoms. The van der Waals surface area contributed by atoms with Crippen LogP contribution in [0.4, 0.5) is 16.2 Å². The Bertz CT molecular complexity index is 1080. The average molecular weight is 393 g/mol. The number of thiophene rings is 1. The standard InChI is InChI=1S/C20H19N5O2S/c21-15(13-4-2-1-3-5-13)12-24-20(26)27-19-17(8-11-28-19)25-16-7-10-23-18-14(16)6-9-22-18/h1-11,15H,12,21H2,(H,24,26)(H2,22,23,25). The number of pyridine rings is 1. The molecule has 1 amide bonds. The molecule has 0 aliphatic rings. The first kappa shape index (κ1) is 18.0. The zero-order valence-corrected chi connectivity index (χ0v) is 15.7. The van der Waals surface area contributed by atoms with E-state index >= 15 is 0 Å². The molecule has 1 unspecified atom stereocenters. The Morgan fingerprint density at radius 3 is 2.89 bits per heavy atom. The number of aromatic nitrogens is 2. The van der Waals surface area contributed by atoms with E-state index in [0.29, 0.717) is 10.8 Å². The molecule has 7 nitrogen and oxygen atoms in total. The molecule has 142 valence electrons. The number of carbonyl (C=O) groups is 1. The van der Waals surface area contributed by atoms with Gasteiger partial charge in [-0.05, 0) is 29.1 Å². The van der Waals surface area contributed by atoms with Crippen LogP contribution >= 0.6 is 11.3 Å². The van der Waals surface area contributed by atoms with Gasteiger partial charge in [0.05, 0.1) is 11.4 Å². The van der Waals surface area contributed by atoms with Crippen molar-refractivity contribution in [3.63, 3.8) is 0 Å². The Balaban J connectivity index is 1.39. The van der Waals surface area contributed by atoms with Gasteiger partial charge in [0.25, 0.3) is 0 Å². The fourth-order valence-electron chi connectivity index (χ4n) is 2.81. The smallest absolute Gasteiger partial charge is 0.397 e. The summed E-state index contributed by atoms with van der Waals surface area (Å²) in [6, 6.07) is 15.0. The lowest BCUT2D eigenvalue weighted by Gasteiger charge is -2.13. The van der Waals surface area contributed by atoms with Gasteiger partial charge in [0.1, 0.15) is 5.65 Å². The van der Waals surface area contributed by atoms with E-state index in [4.69, 9.17) is 10.5 Å². The molecule has 0 radical (unpaired) electrons. The maximum Gasteiger partial charge on any atom is 0.413 e. The molecule has 0 aliphatic carbocycles. The van der Waals surface area contributed by atoms with Crippen LogP contribution in [0.25, 0.3) is 11.0 Å². The quantitative estimate of drug-likeness (QED) is 0.394. The molecule has 4 aromatic rings. The molecule has 0 fully saturated rings. The van der Waals surface area contributed by atoms with Gasteiger partial charge in [0.15, 0.2) is 0 Å². The summed E-state index contributed by atoms with van der Waals surface area (Å²) in [5.74, 6) is 0. The first-order valence-electron chi connectivity index (χ1n) is 8.73. The molecular weight excluding hydrogens is 374 g/mol. The van der Waals surface area contributed by atoms with Gasteiger partial charge in [-0.25, -0.2) is 9.78 Å². The summed E-state index contributed by atoms with van der Waals surface area (Å²) in [6.45, 7) is 0.283. The van der Waals surface area contributed by atoms with Gasteiger partial charge in [-0.15, -0.1) is 11.3 Å². The summed E-state index contributed by atoms with van der Waals surface area (Å²) in [4.78, 5) is 19.5. The number of fused-ring (bicyclic) bond motifs is 1. The van der Waals surface area contributed by atoms with E-state index in [-0.39, 0.29) is 12.6 Å². The Morgan fingerprint density at radius 1 is 1.18 bits per heavy atom. The van der Waals surface area contributed by atoms with Crippen LogP contribution in [0.1, 0.15) is 11.6 Å². The maximum absolute atomic E-state index is 12.2. The highest BCUT2D eigenvalue weighted by Crippen LogP contribution is 2.35. The van der Waals surface area contributed by atoms with Crippen LogP contribution < -0.4 is 21.1 Å². The number of anilines is 2. The van der Waals surface area contributed by atoms with Crippen molar-refractivity contribution in [2.45, 2.75) is 6.04 Å². The average Bonchev–Trinajstić information content (AvgIpc) is 3.37. The number of H-pyrrole nitrogens is 1. The normalized spacial score (nSPS) is 11.9. The maximum atomic E-state index is 12.2. The third-order valence-corrected chi connectivity index (χ3v) is 5.03. The third kappa shape index (κ3) is 3.98. The molecule has 3 heterocycles. The Hall–Kier alpha value is -3.36. The molecule has 28 heavy (non-hydrogen) atoms. The lowest BCUT2D eigenvalue weighted by atomic mass is 10.1. The summed E-state index contributed by atoms with van der Waals surface area (Å²) >= 11 is 1.33. The SMILES string of the molecule is NC(CNC(=O)Oc1sccc1Nc1ccnc2[nH]ccc12)c1ccccc1. The highest BCUT2D eigenvalue weighted by Gasteiger charge is 2.14. The first-order valence-corrected chi connectivity index (χ1v) is 9.61. The summed E-state index contributed by atoms with van der Waals surface area (Å²) in [5.41, 5.74) is 9.43. The predicted molar refractivity (Wildman–Crippen MR) is 111 cm³/mol. The third-order valence-electron chi connectivity index (χ3n) is 4.24. The van der Waals surface area contributed by atoms with Gasteiger partial charge in [0.2, 0.25) is 5.06 Å². The fraction of sp³-hybridized carbons (Fsp3) is 0.100. The number of carbonyl (C=O) groups excluding carboxylic acids is 1. The van der Waals surface area contributed by atoms with Crippen molar-refractivity contribution in [1.29, 1.82) is 0 Å². The van der Waals surface area contributed by atoms with Crippen molar-refractivity contribution in [3.8, 4) is 5.06 Å². The van der Waals surface area contributed by atoms with E-state index in [1.165, 1.54) is 11.3 Å². The van der Waals surface area contributed by atoms with Crippen molar-refractivity contribution >= 4 is 39.8 Å². The van der Waals surface area contributed by atoms with Crippen LogP contribution in [0.5, 0.6) is 5.06 Å².